The maximum atomic E-state index is 12.8. The lowest BCUT2D eigenvalue weighted by Gasteiger charge is -2.40. The highest BCUT2D eigenvalue weighted by molar-refractivity contribution is 5.83. The van der Waals surface area contributed by atoms with Crippen molar-refractivity contribution in [2.24, 2.45) is 5.41 Å². The summed E-state index contributed by atoms with van der Waals surface area (Å²) in [6, 6.07) is 17.9. The molecule has 0 spiro atoms. The van der Waals surface area contributed by atoms with Crippen molar-refractivity contribution in [3.8, 4) is 0 Å². The Kier molecular flexibility index (Phi) is 4.77. The van der Waals surface area contributed by atoms with Crippen molar-refractivity contribution in [3.05, 3.63) is 71.3 Å². The number of amides is 1. The van der Waals surface area contributed by atoms with Gasteiger partial charge in [0.05, 0.1) is 12.0 Å². The number of hydrogen-bond donors (Lipinski definition) is 2. The molecule has 2 N–H and O–H groups in total. The van der Waals surface area contributed by atoms with Crippen LogP contribution < -0.4 is 5.32 Å². The molecule has 0 saturated heterocycles. The number of aliphatic hydroxyl groups is 1. The first-order valence-corrected chi connectivity index (χ1v) is 8.23. The van der Waals surface area contributed by atoms with Gasteiger partial charge < -0.3 is 10.4 Å². The van der Waals surface area contributed by atoms with E-state index in [9.17, 15) is 9.90 Å². The number of carbonyl (C=O) groups is 1. The van der Waals surface area contributed by atoms with Crippen LogP contribution in [0.5, 0.6) is 0 Å². The summed E-state index contributed by atoms with van der Waals surface area (Å²) in [6.45, 7) is 0.479. The molecule has 0 atom stereocenters. The number of carbonyl (C=O) groups excluding carboxylic acids is 1. The number of hydrogen-bond acceptors (Lipinski definition) is 2. The molecule has 3 nitrogen and oxygen atoms in total. The van der Waals surface area contributed by atoms with Crippen molar-refractivity contribution in [2.75, 3.05) is 0 Å². The summed E-state index contributed by atoms with van der Waals surface area (Å²) in [5, 5.41) is 12.5. The molecular weight excluding hydrogens is 286 g/mol. The van der Waals surface area contributed by atoms with Gasteiger partial charge in [0.2, 0.25) is 5.91 Å². The fraction of sp³-hybridized carbons (Fsp3) is 0.350. The van der Waals surface area contributed by atoms with Crippen LogP contribution in [0.4, 0.5) is 0 Å². The van der Waals surface area contributed by atoms with Crippen molar-refractivity contribution in [3.63, 3.8) is 0 Å². The van der Waals surface area contributed by atoms with Gasteiger partial charge in [-0.3, -0.25) is 4.79 Å². The molecule has 2 aromatic rings. The Bertz CT molecular complexity index is 662. The van der Waals surface area contributed by atoms with Gasteiger partial charge in [-0.15, -0.1) is 0 Å². The Hall–Kier alpha value is -2.13. The topological polar surface area (TPSA) is 49.3 Å². The number of benzene rings is 2. The quantitative estimate of drug-likeness (QED) is 0.861. The maximum absolute atomic E-state index is 12.8. The van der Waals surface area contributed by atoms with Crippen LogP contribution in [0.15, 0.2) is 54.6 Å². The van der Waals surface area contributed by atoms with E-state index >= 15 is 0 Å². The highest BCUT2D eigenvalue weighted by Crippen LogP contribution is 2.44. The highest BCUT2D eigenvalue weighted by Gasteiger charge is 2.43. The van der Waals surface area contributed by atoms with Crippen LogP contribution in [-0.4, -0.2) is 11.0 Å². The van der Waals surface area contributed by atoms with E-state index in [1.165, 1.54) is 5.56 Å². The molecule has 23 heavy (non-hydrogen) atoms. The van der Waals surface area contributed by atoms with Gasteiger partial charge in [0.1, 0.15) is 0 Å². The molecule has 0 unspecified atom stereocenters. The molecule has 1 saturated carbocycles. The van der Waals surface area contributed by atoms with E-state index in [0.717, 1.165) is 36.8 Å². The smallest absolute Gasteiger partial charge is 0.226 e. The van der Waals surface area contributed by atoms with Gasteiger partial charge >= 0.3 is 0 Å². The standard InChI is InChI=1S/C20H23NO2/c22-15-18-10-5-4-9-17(18)14-21-19(23)20(11-6-12-20)13-16-7-2-1-3-8-16/h1-5,7-10,22H,6,11-15H2,(H,21,23). The van der Waals surface area contributed by atoms with E-state index < -0.39 is 0 Å². The predicted octanol–water partition coefficient (Wildman–Crippen LogP) is 3.21. The van der Waals surface area contributed by atoms with Gasteiger partial charge in [-0.25, -0.2) is 0 Å². The van der Waals surface area contributed by atoms with Crippen LogP contribution in [-0.2, 0) is 24.4 Å². The minimum Gasteiger partial charge on any atom is -0.392 e. The minimum atomic E-state index is -0.254. The number of aliphatic hydroxyl groups excluding tert-OH is 1. The zero-order valence-electron chi connectivity index (χ0n) is 13.3. The molecular formula is C20H23NO2. The second-order valence-electron chi connectivity index (χ2n) is 6.41. The number of rotatable bonds is 6. The molecule has 3 rings (SSSR count). The summed E-state index contributed by atoms with van der Waals surface area (Å²) >= 11 is 0. The summed E-state index contributed by atoms with van der Waals surface area (Å²) in [5.74, 6) is 0.139. The van der Waals surface area contributed by atoms with E-state index in [1.54, 1.807) is 0 Å². The molecule has 0 aliphatic heterocycles. The van der Waals surface area contributed by atoms with Crippen molar-refractivity contribution in [2.45, 2.75) is 38.8 Å². The molecule has 0 radical (unpaired) electrons. The Balaban J connectivity index is 1.66. The Morgan fingerprint density at radius 2 is 1.65 bits per heavy atom. The van der Waals surface area contributed by atoms with Crippen LogP contribution >= 0.6 is 0 Å². The Labute approximate surface area is 137 Å². The summed E-state index contributed by atoms with van der Waals surface area (Å²) in [4.78, 5) is 12.8. The fourth-order valence-corrected chi connectivity index (χ4v) is 3.32. The normalized spacial score (nSPS) is 15.7. The van der Waals surface area contributed by atoms with Crippen molar-refractivity contribution in [1.29, 1.82) is 0 Å². The molecule has 0 heterocycles. The molecule has 1 aliphatic carbocycles. The lowest BCUT2D eigenvalue weighted by molar-refractivity contribution is -0.136. The molecule has 1 fully saturated rings. The molecule has 0 aromatic heterocycles. The first-order chi connectivity index (χ1) is 11.2. The summed E-state index contributed by atoms with van der Waals surface area (Å²) in [5.41, 5.74) is 2.82. The second kappa shape index (κ2) is 6.97. The van der Waals surface area contributed by atoms with E-state index in [2.05, 4.69) is 17.4 Å². The highest BCUT2D eigenvalue weighted by atomic mass is 16.3. The van der Waals surface area contributed by atoms with E-state index in [0.29, 0.717) is 6.54 Å². The van der Waals surface area contributed by atoms with Gasteiger partial charge in [0.15, 0.2) is 0 Å². The van der Waals surface area contributed by atoms with Gasteiger partial charge in [-0.05, 0) is 36.0 Å². The van der Waals surface area contributed by atoms with Crippen molar-refractivity contribution < 1.29 is 9.90 Å². The lowest BCUT2D eigenvalue weighted by atomic mass is 9.64. The first-order valence-electron chi connectivity index (χ1n) is 8.23. The van der Waals surface area contributed by atoms with Gasteiger partial charge in [0, 0.05) is 6.54 Å². The van der Waals surface area contributed by atoms with E-state index in [4.69, 9.17) is 0 Å². The molecule has 3 heteroatoms. The van der Waals surface area contributed by atoms with Crippen molar-refractivity contribution >= 4 is 5.91 Å². The zero-order valence-corrected chi connectivity index (χ0v) is 13.3. The average Bonchev–Trinajstić information content (AvgIpc) is 2.57. The summed E-state index contributed by atoms with van der Waals surface area (Å²) in [6.07, 6.45) is 3.83. The number of nitrogens with one attached hydrogen (secondary N) is 1. The van der Waals surface area contributed by atoms with E-state index in [1.807, 2.05) is 42.5 Å². The molecule has 1 amide bonds. The zero-order chi connectivity index (χ0) is 16.1. The maximum Gasteiger partial charge on any atom is 0.226 e. The van der Waals surface area contributed by atoms with E-state index in [-0.39, 0.29) is 17.9 Å². The second-order valence-corrected chi connectivity index (χ2v) is 6.41. The SMILES string of the molecule is O=C(NCc1ccccc1CO)C1(Cc2ccccc2)CCC1. The molecule has 2 aromatic carbocycles. The third-order valence-electron chi connectivity index (χ3n) is 4.91. The third-order valence-corrected chi connectivity index (χ3v) is 4.91. The van der Waals surface area contributed by atoms with Gasteiger partial charge in [-0.2, -0.15) is 0 Å². The van der Waals surface area contributed by atoms with Crippen LogP contribution in [0, 0.1) is 5.41 Å². The Morgan fingerprint density at radius 3 is 2.26 bits per heavy atom. The van der Waals surface area contributed by atoms with Gasteiger partial charge in [-0.1, -0.05) is 61.0 Å². The Morgan fingerprint density at radius 1 is 1.00 bits per heavy atom. The lowest BCUT2D eigenvalue weighted by Crippen LogP contribution is -2.47. The third kappa shape index (κ3) is 3.45. The van der Waals surface area contributed by atoms with Crippen LogP contribution in [0.2, 0.25) is 0 Å². The molecule has 0 bridgehead atoms. The first kappa shape index (κ1) is 15.8. The molecule has 1 aliphatic rings. The van der Waals surface area contributed by atoms with Crippen LogP contribution in [0.3, 0.4) is 0 Å². The summed E-state index contributed by atoms with van der Waals surface area (Å²) in [7, 11) is 0. The minimum absolute atomic E-state index is 0.00119. The summed E-state index contributed by atoms with van der Waals surface area (Å²) < 4.78 is 0. The average molecular weight is 309 g/mol. The monoisotopic (exact) mass is 309 g/mol. The predicted molar refractivity (Wildman–Crippen MR) is 90.6 cm³/mol. The fourth-order valence-electron chi connectivity index (χ4n) is 3.32. The van der Waals surface area contributed by atoms with Crippen LogP contribution in [0.25, 0.3) is 0 Å². The largest absolute Gasteiger partial charge is 0.392 e. The van der Waals surface area contributed by atoms with Crippen LogP contribution in [0.1, 0.15) is 36.0 Å². The van der Waals surface area contributed by atoms with Crippen molar-refractivity contribution in [1.82, 2.24) is 5.32 Å². The van der Waals surface area contributed by atoms with Gasteiger partial charge in [0.25, 0.3) is 0 Å². The molecule has 120 valence electrons.